The minimum Gasteiger partial charge on any atom is -0.489 e. The fourth-order valence-corrected chi connectivity index (χ4v) is 6.59. The molecular formula is C27H34N2O2. The number of likely N-dealkylation sites (tertiary alicyclic amines) is 1. The van der Waals surface area contributed by atoms with Gasteiger partial charge in [-0.05, 0) is 86.4 Å². The fraction of sp³-hybridized carbons (Fsp3) is 0.556. The third-order valence-electron chi connectivity index (χ3n) is 8.43. The van der Waals surface area contributed by atoms with Crippen LogP contribution >= 0.6 is 0 Å². The molecule has 2 aromatic rings. The Morgan fingerprint density at radius 1 is 1.10 bits per heavy atom. The second-order valence-corrected chi connectivity index (χ2v) is 10.3. The van der Waals surface area contributed by atoms with Gasteiger partial charge in [-0.15, -0.1) is 0 Å². The third-order valence-corrected chi connectivity index (χ3v) is 8.43. The van der Waals surface area contributed by atoms with Crippen molar-refractivity contribution in [3.8, 4) is 5.75 Å². The van der Waals surface area contributed by atoms with Crippen molar-refractivity contribution in [3.63, 3.8) is 0 Å². The summed E-state index contributed by atoms with van der Waals surface area (Å²) in [6.07, 6.45) is 6.65. The summed E-state index contributed by atoms with van der Waals surface area (Å²) < 4.78 is 6.21. The summed E-state index contributed by atoms with van der Waals surface area (Å²) in [5, 5.41) is 16.1. The lowest BCUT2D eigenvalue weighted by Crippen LogP contribution is -2.73. The molecule has 2 aromatic carbocycles. The highest BCUT2D eigenvalue weighted by Gasteiger charge is 2.62. The number of piperidine rings is 1. The predicted molar refractivity (Wildman–Crippen MR) is 122 cm³/mol. The van der Waals surface area contributed by atoms with Gasteiger partial charge in [-0.3, -0.25) is 4.90 Å². The normalized spacial score (nSPS) is 32.6. The molecule has 3 fully saturated rings. The predicted octanol–water partition coefficient (Wildman–Crippen LogP) is 3.66. The highest BCUT2D eigenvalue weighted by atomic mass is 16.5. The van der Waals surface area contributed by atoms with Gasteiger partial charge in [0.2, 0.25) is 0 Å². The number of rotatable bonds is 5. The quantitative estimate of drug-likeness (QED) is 0.778. The molecule has 4 aliphatic rings. The maximum atomic E-state index is 12.4. The lowest BCUT2D eigenvalue weighted by molar-refractivity contribution is -0.147. The van der Waals surface area contributed by atoms with E-state index in [0.29, 0.717) is 6.61 Å². The number of benzene rings is 2. The summed E-state index contributed by atoms with van der Waals surface area (Å²) in [5.41, 5.74) is 3.05. The number of hydrogen-bond acceptors (Lipinski definition) is 4. The molecule has 0 aromatic heterocycles. The van der Waals surface area contributed by atoms with Crippen LogP contribution < -0.4 is 10.1 Å². The van der Waals surface area contributed by atoms with Gasteiger partial charge in [0.05, 0.1) is 5.60 Å². The Hall–Kier alpha value is -1.88. The van der Waals surface area contributed by atoms with E-state index >= 15 is 0 Å². The molecule has 2 saturated heterocycles. The number of aliphatic hydroxyl groups is 1. The van der Waals surface area contributed by atoms with E-state index in [0.717, 1.165) is 57.0 Å². The average Bonchev–Trinajstić information content (AvgIpc) is 3.62. The molecule has 0 spiro atoms. The number of nitrogens with one attached hydrogen (secondary N) is 1. The van der Waals surface area contributed by atoms with Crippen LogP contribution in [-0.4, -0.2) is 47.8 Å². The first-order chi connectivity index (χ1) is 15.2. The van der Waals surface area contributed by atoms with Gasteiger partial charge in [0.1, 0.15) is 12.4 Å². The van der Waals surface area contributed by atoms with E-state index in [4.69, 9.17) is 4.74 Å². The average molecular weight is 419 g/mol. The Labute approximate surface area is 185 Å². The summed E-state index contributed by atoms with van der Waals surface area (Å²) in [4.78, 5) is 2.64. The Morgan fingerprint density at radius 2 is 1.97 bits per heavy atom. The number of fused-ring (bicyclic) bond motifs is 1. The molecule has 164 valence electrons. The van der Waals surface area contributed by atoms with Gasteiger partial charge < -0.3 is 15.2 Å². The van der Waals surface area contributed by atoms with Gasteiger partial charge in [0.25, 0.3) is 0 Å². The first kappa shape index (κ1) is 19.8. The minimum absolute atomic E-state index is 0.214. The van der Waals surface area contributed by atoms with E-state index in [1.165, 1.54) is 36.1 Å². The van der Waals surface area contributed by atoms with Crippen molar-refractivity contribution in [3.05, 3.63) is 65.2 Å². The molecule has 2 heterocycles. The zero-order valence-electron chi connectivity index (χ0n) is 18.4. The molecule has 6 rings (SSSR count). The van der Waals surface area contributed by atoms with E-state index in [1.54, 1.807) is 0 Å². The first-order valence-electron chi connectivity index (χ1n) is 12.2. The summed E-state index contributed by atoms with van der Waals surface area (Å²) in [6, 6.07) is 17.2. The summed E-state index contributed by atoms with van der Waals surface area (Å²) in [6.45, 7) is 4.71. The molecule has 2 N–H and O–H groups in total. The van der Waals surface area contributed by atoms with Crippen LogP contribution in [0.15, 0.2) is 48.5 Å². The van der Waals surface area contributed by atoms with Crippen LogP contribution in [0.3, 0.4) is 0 Å². The SMILES string of the molecule is OC12CCCNCC13CCN(CC1CC1)C2Cc1ccc(OCc2ccccc2)cc13. The van der Waals surface area contributed by atoms with Crippen molar-refractivity contribution in [1.29, 1.82) is 0 Å². The van der Waals surface area contributed by atoms with Crippen LogP contribution in [-0.2, 0) is 18.4 Å². The molecule has 2 aliphatic heterocycles. The molecule has 0 amide bonds. The van der Waals surface area contributed by atoms with Gasteiger partial charge in [0.15, 0.2) is 0 Å². The van der Waals surface area contributed by atoms with Crippen molar-refractivity contribution in [2.24, 2.45) is 5.92 Å². The van der Waals surface area contributed by atoms with Crippen LogP contribution in [0.2, 0.25) is 0 Å². The maximum Gasteiger partial charge on any atom is 0.120 e. The van der Waals surface area contributed by atoms with Gasteiger partial charge in [-0.25, -0.2) is 0 Å². The lowest BCUT2D eigenvalue weighted by Gasteiger charge is -2.61. The highest BCUT2D eigenvalue weighted by molar-refractivity contribution is 5.48. The van der Waals surface area contributed by atoms with E-state index in [2.05, 4.69) is 52.7 Å². The van der Waals surface area contributed by atoms with Crippen molar-refractivity contribution in [1.82, 2.24) is 10.2 Å². The Bertz CT molecular complexity index is 944. The molecular weight excluding hydrogens is 384 g/mol. The summed E-state index contributed by atoms with van der Waals surface area (Å²) >= 11 is 0. The van der Waals surface area contributed by atoms with Gasteiger partial charge in [-0.1, -0.05) is 36.4 Å². The number of nitrogens with zero attached hydrogens (tertiary/aromatic N) is 1. The topological polar surface area (TPSA) is 44.7 Å². The highest BCUT2D eigenvalue weighted by Crippen LogP contribution is 2.54. The Balaban J connectivity index is 1.35. The molecule has 1 saturated carbocycles. The second kappa shape index (κ2) is 7.61. The Morgan fingerprint density at radius 3 is 2.81 bits per heavy atom. The van der Waals surface area contributed by atoms with E-state index in [1.807, 2.05) is 6.07 Å². The van der Waals surface area contributed by atoms with E-state index < -0.39 is 5.60 Å². The largest absolute Gasteiger partial charge is 0.489 e. The fourth-order valence-electron chi connectivity index (χ4n) is 6.59. The standard InChI is InChI=1S/C27H34N2O2/c30-27-11-4-13-28-19-26(27)12-14-29(17-20-7-8-20)25(27)15-22-9-10-23(16-24(22)26)31-18-21-5-2-1-3-6-21/h1-3,5-6,9-10,16,20,25,28,30H,4,7-8,11-15,17-19H2. The monoisotopic (exact) mass is 418 g/mol. The van der Waals surface area contributed by atoms with Gasteiger partial charge in [0, 0.05) is 24.5 Å². The smallest absolute Gasteiger partial charge is 0.120 e. The first-order valence-corrected chi connectivity index (χ1v) is 12.2. The van der Waals surface area contributed by atoms with Crippen LogP contribution in [0.1, 0.15) is 48.8 Å². The van der Waals surface area contributed by atoms with Crippen molar-refractivity contribution in [2.75, 3.05) is 26.2 Å². The second-order valence-electron chi connectivity index (χ2n) is 10.3. The molecule has 4 heteroatoms. The van der Waals surface area contributed by atoms with Crippen LogP contribution in [0.25, 0.3) is 0 Å². The molecule has 31 heavy (non-hydrogen) atoms. The minimum atomic E-state index is -0.658. The van der Waals surface area contributed by atoms with Crippen LogP contribution in [0.4, 0.5) is 0 Å². The van der Waals surface area contributed by atoms with Crippen molar-refractivity contribution in [2.45, 2.75) is 62.2 Å². The summed E-state index contributed by atoms with van der Waals surface area (Å²) in [5.74, 6) is 1.78. The van der Waals surface area contributed by atoms with E-state index in [-0.39, 0.29) is 11.5 Å². The lowest BCUT2D eigenvalue weighted by atomic mass is 9.53. The molecule has 2 aliphatic carbocycles. The van der Waals surface area contributed by atoms with Gasteiger partial charge in [-0.2, -0.15) is 0 Å². The molecule has 0 radical (unpaired) electrons. The summed E-state index contributed by atoms with van der Waals surface area (Å²) in [7, 11) is 0. The van der Waals surface area contributed by atoms with Crippen molar-refractivity contribution < 1.29 is 9.84 Å². The maximum absolute atomic E-state index is 12.4. The van der Waals surface area contributed by atoms with Gasteiger partial charge >= 0.3 is 0 Å². The van der Waals surface area contributed by atoms with Crippen LogP contribution in [0.5, 0.6) is 5.75 Å². The zero-order valence-corrected chi connectivity index (χ0v) is 18.4. The molecule has 3 atom stereocenters. The Kier molecular flexibility index (Phi) is 4.86. The molecule has 3 unspecified atom stereocenters. The van der Waals surface area contributed by atoms with Crippen LogP contribution in [0, 0.1) is 5.92 Å². The van der Waals surface area contributed by atoms with Crippen molar-refractivity contribution >= 4 is 0 Å². The molecule has 4 nitrogen and oxygen atoms in total. The molecule has 2 bridgehead atoms. The zero-order chi connectivity index (χ0) is 20.9. The third kappa shape index (κ3) is 3.31. The number of hydrogen-bond donors (Lipinski definition) is 2. The number of ether oxygens (including phenoxy) is 1. The van der Waals surface area contributed by atoms with E-state index in [9.17, 15) is 5.11 Å².